The maximum absolute atomic E-state index is 11.8. The van der Waals surface area contributed by atoms with Crippen LogP contribution < -0.4 is 11.1 Å². The lowest BCUT2D eigenvalue weighted by molar-refractivity contribution is -0.120. The predicted molar refractivity (Wildman–Crippen MR) is 58.6 cm³/mol. The molecular formula is C10H12ClN3O. The van der Waals surface area contributed by atoms with Gasteiger partial charge in [0.2, 0.25) is 5.91 Å². The van der Waals surface area contributed by atoms with Gasteiger partial charge < -0.3 is 11.1 Å². The van der Waals surface area contributed by atoms with Gasteiger partial charge in [0.05, 0.1) is 11.1 Å². The van der Waals surface area contributed by atoms with Gasteiger partial charge in [0.15, 0.2) is 5.15 Å². The van der Waals surface area contributed by atoms with Crippen LogP contribution in [0.5, 0.6) is 0 Å². The Morgan fingerprint density at radius 2 is 2.40 bits per heavy atom. The topological polar surface area (TPSA) is 68.0 Å². The molecule has 1 aromatic heterocycles. The summed E-state index contributed by atoms with van der Waals surface area (Å²) in [5.41, 5.74) is 5.74. The highest BCUT2D eigenvalue weighted by atomic mass is 35.5. The zero-order chi connectivity index (χ0) is 10.9. The van der Waals surface area contributed by atoms with Gasteiger partial charge in [0.25, 0.3) is 0 Å². The Hall–Kier alpha value is -1.13. The van der Waals surface area contributed by atoms with Gasteiger partial charge in [-0.2, -0.15) is 0 Å². The van der Waals surface area contributed by atoms with Crippen molar-refractivity contribution >= 4 is 23.2 Å². The van der Waals surface area contributed by atoms with E-state index in [1.54, 1.807) is 18.3 Å². The average molecular weight is 226 g/mol. The van der Waals surface area contributed by atoms with Crippen molar-refractivity contribution in [2.75, 3.05) is 11.9 Å². The first kappa shape index (κ1) is 10.4. The number of nitrogens with zero attached hydrogens (tertiary/aromatic N) is 1. The number of amides is 1. The van der Waals surface area contributed by atoms with Crippen LogP contribution >= 0.6 is 11.6 Å². The lowest BCUT2D eigenvalue weighted by Gasteiger charge is -2.12. The second-order valence-electron chi connectivity index (χ2n) is 3.78. The number of rotatable bonds is 3. The number of halogens is 1. The molecule has 1 aliphatic carbocycles. The third-order valence-corrected chi connectivity index (χ3v) is 3.03. The van der Waals surface area contributed by atoms with Crippen LogP contribution in [0.4, 0.5) is 5.69 Å². The summed E-state index contributed by atoms with van der Waals surface area (Å²) in [6.45, 7) is 0.386. The number of hydrogen-bond donors (Lipinski definition) is 2. The lowest BCUT2D eigenvalue weighted by Crippen LogP contribution is -2.30. The molecule has 1 amide bonds. The normalized spacial score (nSPS) is 17.2. The summed E-state index contributed by atoms with van der Waals surface area (Å²) in [6, 6.07) is 3.45. The molecule has 4 nitrogen and oxygen atoms in total. The van der Waals surface area contributed by atoms with E-state index in [-0.39, 0.29) is 11.3 Å². The molecule has 0 bridgehead atoms. The highest BCUT2D eigenvalue weighted by Crippen LogP contribution is 2.45. The van der Waals surface area contributed by atoms with E-state index in [9.17, 15) is 4.79 Å². The minimum absolute atomic E-state index is 0.0556. The molecule has 0 aliphatic heterocycles. The van der Waals surface area contributed by atoms with Crippen LogP contribution in [0.3, 0.4) is 0 Å². The molecule has 3 N–H and O–H groups in total. The van der Waals surface area contributed by atoms with Crippen LogP contribution in [0.25, 0.3) is 0 Å². The summed E-state index contributed by atoms with van der Waals surface area (Å²) in [7, 11) is 0. The molecule has 0 saturated heterocycles. The minimum Gasteiger partial charge on any atom is -0.329 e. The molecule has 1 aromatic rings. The lowest BCUT2D eigenvalue weighted by atomic mass is 10.1. The van der Waals surface area contributed by atoms with Gasteiger partial charge >= 0.3 is 0 Å². The highest BCUT2D eigenvalue weighted by Gasteiger charge is 2.48. The maximum atomic E-state index is 11.8. The molecule has 5 heteroatoms. The minimum atomic E-state index is -0.362. The van der Waals surface area contributed by atoms with Gasteiger partial charge in [0, 0.05) is 12.7 Å². The zero-order valence-corrected chi connectivity index (χ0v) is 8.92. The van der Waals surface area contributed by atoms with Gasteiger partial charge in [-0.25, -0.2) is 4.98 Å². The first-order valence-corrected chi connectivity index (χ1v) is 5.18. The number of pyridine rings is 1. The summed E-state index contributed by atoms with van der Waals surface area (Å²) in [5, 5.41) is 3.05. The number of anilines is 1. The maximum Gasteiger partial charge on any atom is 0.231 e. The van der Waals surface area contributed by atoms with Crippen molar-refractivity contribution in [3.05, 3.63) is 23.5 Å². The second-order valence-corrected chi connectivity index (χ2v) is 4.14. The van der Waals surface area contributed by atoms with E-state index < -0.39 is 0 Å². The van der Waals surface area contributed by atoms with Gasteiger partial charge in [-0.1, -0.05) is 11.6 Å². The Kier molecular flexibility index (Phi) is 2.63. The Balaban J connectivity index is 2.10. The quantitative estimate of drug-likeness (QED) is 0.765. The fourth-order valence-electron chi connectivity index (χ4n) is 1.41. The van der Waals surface area contributed by atoms with Crippen LogP contribution in [0.2, 0.25) is 5.15 Å². The second kappa shape index (κ2) is 3.79. The first-order valence-electron chi connectivity index (χ1n) is 4.80. The molecular weight excluding hydrogens is 214 g/mol. The number of aromatic nitrogens is 1. The molecule has 0 atom stereocenters. The van der Waals surface area contributed by atoms with Crippen molar-refractivity contribution in [2.45, 2.75) is 12.8 Å². The van der Waals surface area contributed by atoms with Crippen LogP contribution in [-0.4, -0.2) is 17.4 Å². The van der Waals surface area contributed by atoms with Crippen molar-refractivity contribution in [1.82, 2.24) is 4.98 Å². The van der Waals surface area contributed by atoms with E-state index >= 15 is 0 Å². The molecule has 1 fully saturated rings. The molecule has 0 aromatic carbocycles. The van der Waals surface area contributed by atoms with E-state index in [1.165, 1.54) is 0 Å². The Morgan fingerprint density at radius 1 is 1.67 bits per heavy atom. The molecule has 80 valence electrons. The summed E-state index contributed by atoms with van der Waals surface area (Å²) in [6.07, 6.45) is 3.29. The molecule has 0 unspecified atom stereocenters. The molecule has 0 spiro atoms. The van der Waals surface area contributed by atoms with E-state index in [1.807, 2.05) is 0 Å². The van der Waals surface area contributed by atoms with Crippen LogP contribution in [-0.2, 0) is 4.79 Å². The smallest absolute Gasteiger partial charge is 0.231 e. The van der Waals surface area contributed by atoms with Gasteiger partial charge in [-0.3, -0.25) is 4.79 Å². The molecule has 1 aliphatic rings. The molecule has 2 rings (SSSR count). The Labute approximate surface area is 92.8 Å². The van der Waals surface area contributed by atoms with Crippen LogP contribution in [0, 0.1) is 5.41 Å². The average Bonchev–Trinajstić information content (AvgIpc) is 3.02. The number of carbonyl (C=O) groups is 1. The van der Waals surface area contributed by atoms with Gasteiger partial charge in [-0.15, -0.1) is 0 Å². The Bertz CT molecular complexity index is 390. The van der Waals surface area contributed by atoms with Crippen molar-refractivity contribution in [2.24, 2.45) is 11.1 Å². The molecule has 0 radical (unpaired) electrons. The standard InChI is InChI=1S/C10H12ClN3O/c11-8-7(2-1-5-13-8)14-9(15)10(6-12)3-4-10/h1-2,5H,3-4,6,12H2,(H,14,15). The predicted octanol–water partition coefficient (Wildman–Crippen LogP) is 1.41. The number of carbonyl (C=O) groups excluding carboxylic acids is 1. The number of nitrogens with one attached hydrogen (secondary N) is 1. The molecule has 1 saturated carbocycles. The number of hydrogen-bond acceptors (Lipinski definition) is 3. The third kappa shape index (κ3) is 1.96. The summed E-state index contributed by atoms with van der Waals surface area (Å²) < 4.78 is 0. The third-order valence-electron chi connectivity index (χ3n) is 2.73. The number of nitrogens with two attached hydrogens (primary N) is 1. The zero-order valence-electron chi connectivity index (χ0n) is 8.16. The first-order chi connectivity index (χ1) is 7.18. The largest absolute Gasteiger partial charge is 0.329 e. The van der Waals surface area contributed by atoms with E-state index in [4.69, 9.17) is 17.3 Å². The Morgan fingerprint density at radius 3 is 2.93 bits per heavy atom. The summed E-state index contributed by atoms with van der Waals surface area (Å²) in [4.78, 5) is 15.7. The summed E-state index contributed by atoms with van der Waals surface area (Å²) in [5.74, 6) is -0.0556. The highest BCUT2D eigenvalue weighted by molar-refractivity contribution is 6.32. The molecule has 1 heterocycles. The monoisotopic (exact) mass is 225 g/mol. The van der Waals surface area contributed by atoms with Crippen LogP contribution in [0.1, 0.15) is 12.8 Å². The van der Waals surface area contributed by atoms with Crippen molar-refractivity contribution < 1.29 is 4.79 Å². The SMILES string of the molecule is NCC1(C(=O)Nc2cccnc2Cl)CC1. The van der Waals surface area contributed by atoms with Gasteiger partial charge in [0.1, 0.15) is 0 Å². The van der Waals surface area contributed by atoms with E-state index in [0.29, 0.717) is 17.4 Å². The van der Waals surface area contributed by atoms with Crippen LogP contribution in [0.15, 0.2) is 18.3 Å². The summed E-state index contributed by atoms with van der Waals surface area (Å²) >= 11 is 5.82. The van der Waals surface area contributed by atoms with Crippen molar-refractivity contribution in [3.8, 4) is 0 Å². The van der Waals surface area contributed by atoms with E-state index in [0.717, 1.165) is 12.8 Å². The van der Waals surface area contributed by atoms with E-state index in [2.05, 4.69) is 10.3 Å². The van der Waals surface area contributed by atoms with Crippen molar-refractivity contribution in [3.63, 3.8) is 0 Å². The van der Waals surface area contributed by atoms with Gasteiger partial charge in [-0.05, 0) is 25.0 Å². The van der Waals surface area contributed by atoms with Crippen molar-refractivity contribution in [1.29, 1.82) is 0 Å². The fourth-order valence-corrected chi connectivity index (χ4v) is 1.58. The fraction of sp³-hybridized carbons (Fsp3) is 0.400. The molecule has 15 heavy (non-hydrogen) atoms.